The smallest absolute Gasteiger partial charge is 0.230 e. The molecule has 1 heterocycles. The Morgan fingerprint density at radius 3 is 2.37 bits per heavy atom. The van der Waals surface area contributed by atoms with Crippen LogP contribution in [0.1, 0.15) is 37.2 Å². The zero-order valence-corrected chi connectivity index (χ0v) is 11.3. The number of carbonyl (C=O) groups excluding carboxylic acids is 1. The van der Waals surface area contributed by atoms with E-state index in [1.807, 2.05) is 4.90 Å². The fourth-order valence-electron chi connectivity index (χ4n) is 3.13. The fourth-order valence-corrected chi connectivity index (χ4v) is 3.13. The summed E-state index contributed by atoms with van der Waals surface area (Å²) in [6.07, 6.45) is 4.13. The van der Waals surface area contributed by atoms with Gasteiger partial charge in [-0.15, -0.1) is 0 Å². The minimum Gasteiger partial charge on any atom is -0.342 e. The average molecular weight is 258 g/mol. The lowest BCUT2D eigenvalue weighted by atomic mass is 9.89. The summed E-state index contributed by atoms with van der Waals surface area (Å²) in [6.45, 7) is 2.30. The van der Waals surface area contributed by atoms with E-state index >= 15 is 0 Å². The van der Waals surface area contributed by atoms with Gasteiger partial charge in [0.15, 0.2) is 0 Å². The third-order valence-corrected chi connectivity index (χ3v) is 4.75. The van der Waals surface area contributed by atoms with Crippen molar-refractivity contribution >= 4 is 5.91 Å². The number of piperidine rings is 1. The largest absolute Gasteiger partial charge is 0.342 e. The zero-order chi connectivity index (χ0) is 13.3. The molecular formula is C16H22N2O. The second kappa shape index (κ2) is 4.97. The molecule has 0 unspecified atom stereocenters. The average Bonchev–Trinajstić information content (AvgIpc) is 3.29. The van der Waals surface area contributed by atoms with Crippen LogP contribution in [0, 0.1) is 5.41 Å². The van der Waals surface area contributed by atoms with Gasteiger partial charge in [0.1, 0.15) is 0 Å². The molecule has 1 aromatic carbocycles. The molecular weight excluding hydrogens is 236 g/mol. The maximum absolute atomic E-state index is 12.4. The van der Waals surface area contributed by atoms with Crippen LogP contribution in [0.3, 0.4) is 0 Å². The number of nitrogens with zero attached hydrogens (tertiary/aromatic N) is 1. The van der Waals surface area contributed by atoms with Gasteiger partial charge in [-0.2, -0.15) is 0 Å². The van der Waals surface area contributed by atoms with Crippen molar-refractivity contribution in [3.63, 3.8) is 0 Å². The van der Waals surface area contributed by atoms with Crippen LogP contribution in [-0.2, 0) is 4.79 Å². The normalized spacial score (nSPS) is 22.3. The standard InChI is InChI=1S/C16H22N2O/c17-12-16(8-9-16)15(19)18-10-6-14(7-11-18)13-4-2-1-3-5-13/h1-5,14H,6-12,17H2. The Morgan fingerprint density at radius 2 is 1.84 bits per heavy atom. The molecule has 3 nitrogen and oxygen atoms in total. The van der Waals surface area contributed by atoms with Crippen molar-refractivity contribution in [1.29, 1.82) is 0 Å². The summed E-state index contributed by atoms with van der Waals surface area (Å²) >= 11 is 0. The lowest BCUT2D eigenvalue weighted by Gasteiger charge is -2.34. The number of carbonyl (C=O) groups is 1. The zero-order valence-electron chi connectivity index (χ0n) is 11.3. The van der Waals surface area contributed by atoms with E-state index in [4.69, 9.17) is 5.73 Å². The van der Waals surface area contributed by atoms with Crippen LogP contribution in [-0.4, -0.2) is 30.4 Å². The third kappa shape index (κ3) is 2.39. The summed E-state index contributed by atoms with van der Waals surface area (Å²) in [5.74, 6) is 0.916. The van der Waals surface area contributed by atoms with Gasteiger partial charge in [-0.3, -0.25) is 4.79 Å². The summed E-state index contributed by atoms with van der Waals surface area (Å²) in [6, 6.07) is 10.6. The molecule has 0 aromatic heterocycles. The first-order chi connectivity index (χ1) is 9.25. The van der Waals surface area contributed by atoms with Gasteiger partial charge in [-0.05, 0) is 37.2 Å². The number of rotatable bonds is 3. The fraction of sp³-hybridized carbons (Fsp3) is 0.562. The number of hydrogen-bond acceptors (Lipinski definition) is 2. The van der Waals surface area contributed by atoms with Crippen molar-refractivity contribution < 1.29 is 4.79 Å². The predicted molar refractivity (Wildman–Crippen MR) is 75.7 cm³/mol. The molecule has 0 bridgehead atoms. The van der Waals surface area contributed by atoms with Crippen LogP contribution in [0.4, 0.5) is 0 Å². The Labute approximate surface area is 114 Å². The third-order valence-electron chi connectivity index (χ3n) is 4.75. The van der Waals surface area contributed by atoms with E-state index in [2.05, 4.69) is 30.3 Å². The predicted octanol–water partition coefficient (Wildman–Crippen LogP) is 2.13. The van der Waals surface area contributed by atoms with Gasteiger partial charge in [-0.1, -0.05) is 30.3 Å². The number of nitrogens with two attached hydrogens (primary N) is 1. The highest BCUT2D eigenvalue weighted by atomic mass is 16.2. The second-order valence-electron chi connectivity index (χ2n) is 5.96. The number of benzene rings is 1. The molecule has 1 aromatic rings. The van der Waals surface area contributed by atoms with Crippen molar-refractivity contribution in [2.24, 2.45) is 11.1 Å². The van der Waals surface area contributed by atoms with Gasteiger partial charge in [0.05, 0.1) is 5.41 Å². The van der Waals surface area contributed by atoms with Crippen molar-refractivity contribution in [3.8, 4) is 0 Å². The summed E-state index contributed by atoms with van der Waals surface area (Å²) in [5, 5.41) is 0. The van der Waals surface area contributed by atoms with E-state index in [1.54, 1.807) is 0 Å². The molecule has 19 heavy (non-hydrogen) atoms. The van der Waals surface area contributed by atoms with Gasteiger partial charge >= 0.3 is 0 Å². The van der Waals surface area contributed by atoms with Crippen LogP contribution < -0.4 is 5.73 Å². The van der Waals surface area contributed by atoms with Crippen molar-refractivity contribution in [2.75, 3.05) is 19.6 Å². The van der Waals surface area contributed by atoms with Gasteiger partial charge in [0.25, 0.3) is 0 Å². The maximum Gasteiger partial charge on any atom is 0.230 e. The molecule has 0 atom stereocenters. The molecule has 3 rings (SSSR count). The molecule has 1 saturated carbocycles. The van der Waals surface area contributed by atoms with E-state index in [0.29, 0.717) is 18.4 Å². The number of amides is 1. The molecule has 2 fully saturated rings. The number of hydrogen-bond donors (Lipinski definition) is 1. The molecule has 1 aliphatic heterocycles. The molecule has 2 aliphatic rings. The van der Waals surface area contributed by atoms with Crippen LogP contribution in [0.25, 0.3) is 0 Å². The Balaban J connectivity index is 1.59. The summed E-state index contributed by atoms with van der Waals surface area (Å²) in [5.41, 5.74) is 6.98. The van der Waals surface area contributed by atoms with Gasteiger partial charge in [0, 0.05) is 19.6 Å². The molecule has 1 aliphatic carbocycles. The lowest BCUT2D eigenvalue weighted by Crippen LogP contribution is -2.44. The lowest BCUT2D eigenvalue weighted by molar-refractivity contribution is -0.137. The van der Waals surface area contributed by atoms with Crippen molar-refractivity contribution in [2.45, 2.75) is 31.6 Å². The quantitative estimate of drug-likeness (QED) is 0.902. The molecule has 0 spiro atoms. The van der Waals surface area contributed by atoms with E-state index in [9.17, 15) is 4.79 Å². The van der Waals surface area contributed by atoms with E-state index < -0.39 is 0 Å². The Kier molecular flexibility index (Phi) is 3.31. The molecule has 0 radical (unpaired) electrons. The summed E-state index contributed by atoms with van der Waals surface area (Å²) in [4.78, 5) is 14.4. The molecule has 3 heteroatoms. The molecule has 102 valence electrons. The highest BCUT2D eigenvalue weighted by molar-refractivity contribution is 5.85. The van der Waals surface area contributed by atoms with Gasteiger partial charge in [-0.25, -0.2) is 0 Å². The Bertz CT molecular complexity index is 445. The topological polar surface area (TPSA) is 46.3 Å². The minimum absolute atomic E-state index is 0.181. The van der Waals surface area contributed by atoms with E-state index in [0.717, 1.165) is 38.8 Å². The Hall–Kier alpha value is -1.35. The van der Waals surface area contributed by atoms with Gasteiger partial charge < -0.3 is 10.6 Å². The molecule has 1 amide bonds. The van der Waals surface area contributed by atoms with Gasteiger partial charge in [0.2, 0.25) is 5.91 Å². The van der Waals surface area contributed by atoms with Crippen LogP contribution >= 0.6 is 0 Å². The monoisotopic (exact) mass is 258 g/mol. The summed E-state index contributed by atoms with van der Waals surface area (Å²) < 4.78 is 0. The van der Waals surface area contributed by atoms with Crippen LogP contribution in [0.15, 0.2) is 30.3 Å². The second-order valence-corrected chi connectivity index (χ2v) is 5.96. The molecule has 1 saturated heterocycles. The molecule has 2 N–H and O–H groups in total. The first kappa shape index (κ1) is 12.7. The SMILES string of the molecule is NCC1(C(=O)N2CCC(c3ccccc3)CC2)CC1. The Morgan fingerprint density at radius 1 is 1.21 bits per heavy atom. The van der Waals surface area contributed by atoms with Crippen LogP contribution in [0.5, 0.6) is 0 Å². The van der Waals surface area contributed by atoms with E-state index in [1.165, 1.54) is 5.56 Å². The minimum atomic E-state index is -0.181. The van der Waals surface area contributed by atoms with Crippen molar-refractivity contribution in [3.05, 3.63) is 35.9 Å². The first-order valence-electron chi connectivity index (χ1n) is 7.29. The highest BCUT2D eigenvalue weighted by Gasteiger charge is 2.50. The van der Waals surface area contributed by atoms with Crippen LogP contribution in [0.2, 0.25) is 0 Å². The first-order valence-corrected chi connectivity index (χ1v) is 7.29. The van der Waals surface area contributed by atoms with Crippen molar-refractivity contribution in [1.82, 2.24) is 4.90 Å². The number of likely N-dealkylation sites (tertiary alicyclic amines) is 1. The van der Waals surface area contributed by atoms with E-state index in [-0.39, 0.29) is 5.41 Å². The maximum atomic E-state index is 12.4. The highest BCUT2D eigenvalue weighted by Crippen LogP contribution is 2.46. The summed E-state index contributed by atoms with van der Waals surface area (Å²) in [7, 11) is 0.